The third kappa shape index (κ3) is 3.24. The number of benzene rings is 1. The summed E-state index contributed by atoms with van der Waals surface area (Å²) in [5.74, 6) is 0. The average Bonchev–Trinajstić information content (AvgIpc) is 3.04. The molecule has 5 nitrogen and oxygen atoms in total. The number of fused-ring (bicyclic) bond motifs is 1. The molecule has 0 radical (unpaired) electrons. The van der Waals surface area contributed by atoms with Gasteiger partial charge in [-0.1, -0.05) is 35.1 Å². The first-order valence-corrected chi connectivity index (χ1v) is 8.07. The maximum atomic E-state index is 5.91. The van der Waals surface area contributed by atoms with Gasteiger partial charge in [-0.3, -0.25) is 0 Å². The predicted molar refractivity (Wildman–Crippen MR) is 90.9 cm³/mol. The molecule has 1 N–H and O–H groups in total. The number of hydrogen-bond acceptors (Lipinski definition) is 5. The van der Waals surface area contributed by atoms with Gasteiger partial charge in [0.05, 0.1) is 17.5 Å². The number of hydrogen-bond donors (Lipinski definition) is 1. The van der Waals surface area contributed by atoms with E-state index in [1.807, 2.05) is 44.3 Å². The molecule has 116 valence electrons. The van der Waals surface area contributed by atoms with Gasteiger partial charge in [0.15, 0.2) is 0 Å². The number of nitrogens with zero attached hydrogens (tertiary/aromatic N) is 3. The monoisotopic (exact) mass is 336 g/mol. The van der Waals surface area contributed by atoms with E-state index in [9.17, 15) is 0 Å². The van der Waals surface area contributed by atoms with Crippen molar-refractivity contribution in [2.75, 3.05) is 19.0 Å². The maximum absolute atomic E-state index is 5.91. The molecule has 3 aromatic rings. The highest BCUT2D eigenvalue weighted by Gasteiger charge is 2.17. The first-order valence-electron chi connectivity index (χ1n) is 6.88. The zero-order valence-corrected chi connectivity index (χ0v) is 14.2. The molecule has 7 heteroatoms. The van der Waals surface area contributed by atoms with Gasteiger partial charge in [0.25, 0.3) is 0 Å². The second-order valence-electron chi connectivity index (χ2n) is 5.58. The summed E-state index contributed by atoms with van der Waals surface area (Å²) in [5, 5.41) is 9.32. The van der Waals surface area contributed by atoms with Crippen LogP contribution in [0.2, 0.25) is 5.02 Å². The van der Waals surface area contributed by atoms with Crippen LogP contribution >= 0.6 is 22.9 Å². The lowest BCUT2D eigenvalue weighted by molar-refractivity contribution is 0.0343. The number of anilines is 1. The van der Waals surface area contributed by atoms with Crippen molar-refractivity contribution in [3.05, 3.63) is 35.5 Å². The molecule has 0 aliphatic carbocycles. The van der Waals surface area contributed by atoms with Gasteiger partial charge in [0.1, 0.15) is 0 Å². The summed E-state index contributed by atoms with van der Waals surface area (Å²) in [5.41, 5.74) is 1.68. The summed E-state index contributed by atoms with van der Waals surface area (Å²) in [6, 6.07) is 7.62. The van der Waals surface area contributed by atoms with Crippen molar-refractivity contribution in [3.8, 4) is 11.3 Å². The number of aromatic nitrogens is 3. The Kier molecular flexibility index (Phi) is 4.08. The number of methoxy groups -OCH3 is 1. The van der Waals surface area contributed by atoms with Crippen LogP contribution in [0.3, 0.4) is 0 Å². The normalized spacial score (nSPS) is 12.0. The molecule has 1 aromatic carbocycles. The molecule has 3 rings (SSSR count). The van der Waals surface area contributed by atoms with E-state index in [4.69, 9.17) is 16.3 Å². The molecule has 0 aliphatic heterocycles. The standard InChI is InChI=1S/C15H17ClN4OS/c1-15(2,21-3)9-17-13-19-20-8-12(18-14(20)22-13)10-4-6-11(16)7-5-10/h4-8H,9H2,1-3H3,(H,17,19). The Bertz CT molecular complexity index is 747. The zero-order valence-electron chi connectivity index (χ0n) is 12.6. The second kappa shape index (κ2) is 5.87. The Balaban J connectivity index is 1.79. The SMILES string of the molecule is COC(C)(C)CNc1nn2cc(-c3ccc(Cl)cc3)nc2s1. The van der Waals surface area contributed by atoms with Crippen molar-refractivity contribution in [1.82, 2.24) is 14.6 Å². The molecule has 0 unspecified atom stereocenters. The lowest BCUT2D eigenvalue weighted by Gasteiger charge is -2.22. The van der Waals surface area contributed by atoms with Crippen LogP contribution in [-0.2, 0) is 4.74 Å². The van der Waals surface area contributed by atoms with Crippen molar-refractivity contribution >= 4 is 33.0 Å². The minimum absolute atomic E-state index is 0.234. The topological polar surface area (TPSA) is 51.5 Å². The van der Waals surface area contributed by atoms with E-state index in [-0.39, 0.29) is 5.60 Å². The molecule has 0 saturated carbocycles. The number of nitrogens with one attached hydrogen (secondary N) is 1. The highest BCUT2D eigenvalue weighted by molar-refractivity contribution is 7.20. The second-order valence-corrected chi connectivity index (χ2v) is 6.98. The largest absolute Gasteiger partial charge is 0.377 e. The molecule has 2 aromatic heterocycles. The number of halogens is 1. The average molecular weight is 337 g/mol. The van der Waals surface area contributed by atoms with Gasteiger partial charge in [0, 0.05) is 24.2 Å². The Morgan fingerprint density at radius 3 is 2.68 bits per heavy atom. The van der Waals surface area contributed by atoms with Crippen LogP contribution in [0.1, 0.15) is 13.8 Å². The van der Waals surface area contributed by atoms with Gasteiger partial charge < -0.3 is 10.1 Å². The third-order valence-corrected chi connectivity index (χ3v) is 4.53. The molecule has 0 spiro atoms. The molecule has 0 bridgehead atoms. The summed E-state index contributed by atoms with van der Waals surface area (Å²) in [6.45, 7) is 4.74. The van der Waals surface area contributed by atoms with Crippen LogP contribution in [0, 0.1) is 0 Å². The Morgan fingerprint density at radius 2 is 2.05 bits per heavy atom. The van der Waals surface area contributed by atoms with Crippen molar-refractivity contribution in [1.29, 1.82) is 0 Å². The Morgan fingerprint density at radius 1 is 1.32 bits per heavy atom. The van der Waals surface area contributed by atoms with Crippen LogP contribution in [-0.4, -0.2) is 33.9 Å². The van der Waals surface area contributed by atoms with Crippen LogP contribution in [0.25, 0.3) is 16.2 Å². The third-order valence-electron chi connectivity index (χ3n) is 3.40. The van der Waals surface area contributed by atoms with Crippen molar-refractivity contribution in [3.63, 3.8) is 0 Å². The molecule has 0 saturated heterocycles. The fraction of sp³-hybridized carbons (Fsp3) is 0.333. The van der Waals surface area contributed by atoms with E-state index in [0.717, 1.165) is 26.4 Å². The van der Waals surface area contributed by atoms with E-state index >= 15 is 0 Å². The molecule has 0 fully saturated rings. The minimum Gasteiger partial charge on any atom is -0.377 e. The highest BCUT2D eigenvalue weighted by Crippen LogP contribution is 2.25. The van der Waals surface area contributed by atoms with Crippen LogP contribution < -0.4 is 5.32 Å². The molecule has 2 heterocycles. The lowest BCUT2D eigenvalue weighted by atomic mass is 10.1. The van der Waals surface area contributed by atoms with E-state index in [1.165, 1.54) is 11.3 Å². The molecular weight excluding hydrogens is 320 g/mol. The maximum Gasteiger partial charge on any atom is 0.214 e. The quantitative estimate of drug-likeness (QED) is 0.766. The smallest absolute Gasteiger partial charge is 0.214 e. The van der Waals surface area contributed by atoms with Crippen molar-refractivity contribution in [2.24, 2.45) is 0 Å². The van der Waals surface area contributed by atoms with Gasteiger partial charge in [-0.05, 0) is 26.0 Å². The Labute approximate surface area is 137 Å². The van der Waals surface area contributed by atoms with Crippen LogP contribution in [0.5, 0.6) is 0 Å². The van der Waals surface area contributed by atoms with Crippen LogP contribution in [0.15, 0.2) is 30.5 Å². The number of ether oxygens (including phenoxy) is 1. The van der Waals surface area contributed by atoms with Gasteiger partial charge in [-0.2, -0.15) is 0 Å². The van der Waals surface area contributed by atoms with E-state index in [0.29, 0.717) is 6.54 Å². The van der Waals surface area contributed by atoms with Crippen molar-refractivity contribution in [2.45, 2.75) is 19.4 Å². The molecular formula is C15H17ClN4OS. The highest BCUT2D eigenvalue weighted by atomic mass is 35.5. The lowest BCUT2D eigenvalue weighted by Crippen LogP contribution is -2.32. The molecule has 22 heavy (non-hydrogen) atoms. The molecule has 0 amide bonds. The summed E-state index contributed by atoms with van der Waals surface area (Å²) in [7, 11) is 1.70. The Hall–Kier alpha value is -1.63. The van der Waals surface area contributed by atoms with Gasteiger partial charge >= 0.3 is 0 Å². The van der Waals surface area contributed by atoms with E-state index in [1.54, 1.807) is 11.6 Å². The van der Waals surface area contributed by atoms with Crippen molar-refractivity contribution < 1.29 is 4.74 Å². The zero-order chi connectivity index (χ0) is 15.7. The first kappa shape index (κ1) is 15.3. The summed E-state index contributed by atoms with van der Waals surface area (Å²) >= 11 is 7.42. The molecule has 0 aliphatic rings. The fourth-order valence-corrected chi connectivity index (χ4v) is 2.80. The van der Waals surface area contributed by atoms with Gasteiger partial charge in [0.2, 0.25) is 10.1 Å². The minimum atomic E-state index is -0.234. The number of imidazole rings is 1. The molecule has 0 atom stereocenters. The summed E-state index contributed by atoms with van der Waals surface area (Å²) < 4.78 is 7.17. The fourth-order valence-electron chi connectivity index (χ4n) is 1.89. The van der Waals surface area contributed by atoms with Crippen LogP contribution in [0.4, 0.5) is 5.13 Å². The predicted octanol–water partition coefficient (Wildman–Crippen LogP) is 3.95. The summed E-state index contributed by atoms with van der Waals surface area (Å²) in [6.07, 6.45) is 1.92. The first-order chi connectivity index (χ1) is 10.5. The number of rotatable bonds is 5. The van der Waals surface area contributed by atoms with Gasteiger partial charge in [-0.25, -0.2) is 9.50 Å². The van der Waals surface area contributed by atoms with E-state index in [2.05, 4.69) is 15.4 Å². The van der Waals surface area contributed by atoms with E-state index < -0.39 is 0 Å². The van der Waals surface area contributed by atoms with Gasteiger partial charge in [-0.15, -0.1) is 5.10 Å². The summed E-state index contributed by atoms with van der Waals surface area (Å²) in [4.78, 5) is 5.45.